The molecule has 20 heavy (non-hydrogen) atoms. The lowest BCUT2D eigenvalue weighted by atomic mass is 9.79. The molecule has 116 valence electrons. The summed E-state index contributed by atoms with van der Waals surface area (Å²) in [4.78, 5) is 36.4. The van der Waals surface area contributed by atoms with Crippen molar-refractivity contribution in [2.75, 3.05) is 13.7 Å². The molecule has 0 heterocycles. The molecule has 1 amide bonds. The number of esters is 1. The van der Waals surface area contributed by atoms with Crippen LogP contribution < -0.4 is 0 Å². The molecule has 0 aliphatic carbocycles. The van der Waals surface area contributed by atoms with Gasteiger partial charge in [-0.05, 0) is 26.7 Å². The maximum atomic E-state index is 12.3. The Morgan fingerprint density at radius 2 is 1.70 bits per heavy atom. The van der Waals surface area contributed by atoms with Gasteiger partial charge in [0.25, 0.3) is 0 Å². The van der Waals surface area contributed by atoms with Gasteiger partial charge in [-0.3, -0.25) is 14.4 Å². The number of carbonyl (C=O) groups is 3. The van der Waals surface area contributed by atoms with Crippen molar-refractivity contribution in [2.45, 2.75) is 53.0 Å². The normalized spacial score (nSPS) is 11.3. The summed E-state index contributed by atoms with van der Waals surface area (Å²) in [6.45, 7) is 6.91. The lowest BCUT2D eigenvalue weighted by molar-refractivity contribution is -0.156. The lowest BCUT2D eigenvalue weighted by Gasteiger charge is -2.31. The topological polar surface area (TPSA) is 83.9 Å². The third kappa shape index (κ3) is 4.51. The number of aliphatic carboxylic acids is 1. The van der Waals surface area contributed by atoms with Crippen LogP contribution in [0.2, 0.25) is 0 Å². The summed E-state index contributed by atoms with van der Waals surface area (Å²) >= 11 is 0. The summed E-state index contributed by atoms with van der Waals surface area (Å²) in [5.74, 6) is -1.82. The van der Waals surface area contributed by atoms with Crippen LogP contribution in [0.1, 0.15) is 47.0 Å². The van der Waals surface area contributed by atoms with E-state index in [1.807, 2.05) is 0 Å². The van der Waals surface area contributed by atoms with E-state index in [-0.39, 0.29) is 24.9 Å². The Bertz CT molecular complexity index is 361. The first kappa shape index (κ1) is 18.4. The molecule has 0 bridgehead atoms. The molecule has 0 rings (SSSR count). The summed E-state index contributed by atoms with van der Waals surface area (Å²) in [6.07, 6.45) is 0.633. The predicted octanol–water partition coefficient (Wildman–Crippen LogP) is 1.68. The maximum Gasteiger partial charge on any atom is 0.325 e. The van der Waals surface area contributed by atoms with Crippen LogP contribution in [-0.4, -0.2) is 47.5 Å². The van der Waals surface area contributed by atoms with Crippen LogP contribution in [0.25, 0.3) is 0 Å². The minimum absolute atomic E-state index is 0.107. The summed E-state index contributed by atoms with van der Waals surface area (Å²) < 4.78 is 4.56. The van der Waals surface area contributed by atoms with E-state index in [2.05, 4.69) is 4.74 Å². The van der Waals surface area contributed by atoms with E-state index in [9.17, 15) is 19.5 Å². The molecular formula is C14H25NO5. The number of rotatable bonds is 8. The van der Waals surface area contributed by atoms with Crippen molar-refractivity contribution >= 4 is 17.8 Å². The summed E-state index contributed by atoms with van der Waals surface area (Å²) in [5, 5.41) is 9.36. The number of carboxylic acid groups (broad SMARTS) is 1. The van der Waals surface area contributed by atoms with E-state index in [4.69, 9.17) is 0 Å². The highest BCUT2D eigenvalue weighted by Crippen LogP contribution is 2.32. The Labute approximate surface area is 120 Å². The third-order valence-electron chi connectivity index (χ3n) is 3.77. The van der Waals surface area contributed by atoms with Gasteiger partial charge < -0.3 is 14.7 Å². The first-order valence-electron chi connectivity index (χ1n) is 6.83. The Morgan fingerprint density at radius 1 is 1.20 bits per heavy atom. The second-order valence-electron chi connectivity index (χ2n) is 5.16. The maximum absolute atomic E-state index is 12.3. The molecule has 6 heteroatoms. The van der Waals surface area contributed by atoms with Gasteiger partial charge in [-0.1, -0.05) is 13.8 Å². The van der Waals surface area contributed by atoms with E-state index in [0.717, 1.165) is 0 Å². The van der Waals surface area contributed by atoms with Gasteiger partial charge >= 0.3 is 11.9 Å². The van der Waals surface area contributed by atoms with Crippen LogP contribution in [0.3, 0.4) is 0 Å². The lowest BCUT2D eigenvalue weighted by Crippen LogP contribution is -2.44. The molecule has 0 aromatic heterocycles. The van der Waals surface area contributed by atoms with Crippen molar-refractivity contribution in [1.82, 2.24) is 4.90 Å². The minimum atomic E-state index is -1.07. The molecule has 0 spiro atoms. The van der Waals surface area contributed by atoms with E-state index in [1.54, 1.807) is 27.7 Å². The molecule has 0 aliphatic heterocycles. The van der Waals surface area contributed by atoms with Gasteiger partial charge in [-0.2, -0.15) is 0 Å². The second kappa shape index (κ2) is 7.87. The average molecular weight is 287 g/mol. The molecule has 6 nitrogen and oxygen atoms in total. The van der Waals surface area contributed by atoms with Crippen LogP contribution in [0.15, 0.2) is 0 Å². The Hall–Kier alpha value is -1.59. The van der Waals surface area contributed by atoms with E-state index in [0.29, 0.717) is 12.8 Å². The van der Waals surface area contributed by atoms with Crippen molar-refractivity contribution in [3.05, 3.63) is 0 Å². The van der Waals surface area contributed by atoms with Gasteiger partial charge in [0, 0.05) is 12.5 Å². The van der Waals surface area contributed by atoms with Crippen LogP contribution in [0, 0.1) is 5.41 Å². The quantitative estimate of drug-likeness (QED) is 0.687. The summed E-state index contributed by atoms with van der Waals surface area (Å²) in [6, 6.07) is -0.193. The Morgan fingerprint density at radius 3 is 2.00 bits per heavy atom. The third-order valence-corrected chi connectivity index (χ3v) is 3.77. The van der Waals surface area contributed by atoms with Gasteiger partial charge in [0.15, 0.2) is 0 Å². The fourth-order valence-electron chi connectivity index (χ4n) is 2.03. The zero-order valence-corrected chi connectivity index (χ0v) is 12.9. The molecule has 0 saturated carbocycles. The van der Waals surface area contributed by atoms with E-state index < -0.39 is 17.4 Å². The number of carboxylic acids is 1. The molecule has 0 fully saturated rings. The fourth-order valence-corrected chi connectivity index (χ4v) is 2.03. The molecule has 0 aromatic rings. The highest BCUT2D eigenvalue weighted by Gasteiger charge is 2.39. The number of amides is 1. The standard InChI is InChI=1S/C14H25NO5/c1-6-14(7-2,13(18)19)8-11(16)15(10(3)4)9-12(17)20-5/h10H,6-9H2,1-5H3,(H,18,19). The monoisotopic (exact) mass is 287 g/mol. The van der Waals surface area contributed by atoms with Crippen molar-refractivity contribution in [2.24, 2.45) is 5.41 Å². The predicted molar refractivity (Wildman–Crippen MR) is 74.1 cm³/mol. The highest BCUT2D eigenvalue weighted by molar-refractivity contribution is 5.87. The van der Waals surface area contributed by atoms with Gasteiger partial charge in [-0.25, -0.2) is 0 Å². The Balaban J connectivity index is 5.08. The average Bonchev–Trinajstić information content (AvgIpc) is 2.40. The number of ether oxygens (including phenoxy) is 1. The van der Waals surface area contributed by atoms with Crippen molar-refractivity contribution < 1.29 is 24.2 Å². The summed E-state index contributed by atoms with van der Waals surface area (Å²) in [5.41, 5.74) is -1.07. The fraction of sp³-hybridized carbons (Fsp3) is 0.786. The van der Waals surface area contributed by atoms with E-state index >= 15 is 0 Å². The number of nitrogens with zero attached hydrogens (tertiary/aromatic N) is 1. The van der Waals surface area contributed by atoms with E-state index in [1.165, 1.54) is 12.0 Å². The van der Waals surface area contributed by atoms with Crippen LogP contribution in [0.4, 0.5) is 0 Å². The molecule has 0 aromatic carbocycles. The molecule has 0 saturated heterocycles. The van der Waals surface area contributed by atoms with Crippen LogP contribution in [0.5, 0.6) is 0 Å². The van der Waals surface area contributed by atoms with Gasteiger partial charge in [0.1, 0.15) is 6.54 Å². The summed E-state index contributed by atoms with van der Waals surface area (Å²) in [7, 11) is 1.25. The zero-order valence-electron chi connectivity index (χ0n) is 12.9. The van der Waals surface area contributed by atoms with Gasteiger partial charge in [0.2, 0.25) is 5.91 Å². The zero-order chi connectivity index (χ0) is 15.9. The molecule has 0 aliphatic rings. The first-order valence-corrected chi connectivity index (χ1v) is 6.83. The van der Waals surface area contributed by atoms with Gasteiger partial charge in [0.05, 0.1) is 12.5 Å². The molecule has 0 unspecified atom stereocenters. The number of hydrogen-bond acceptors (Lipinski definition) is 4. The molecule has 0 atom stereocenters. The van der Waals surface area contributed by atoms with Crippen molar-refractivity contribution in [3.8, 4) is 0 Å². The Kier molecular flexibility index (Phi) is 7.24. The number of carbonyl (C=O) groups excluding carboxylic acids is 2. The highest BCUT2D eigenvalue weighted by atomic mass is 16.5. The minimum Gasteiger partial charge on any atom is -0.481 e. The number of hydrogen-bond donors (Lipinski definition) is 1. The second-order valence-corrected chi connectivity index (χ2v) is 5.16. The van der Waals surface area contributed by atoms with Gasteiger partial charge in [-0.15, -0.1) is 0 Å². The van der Waals surface area contributed by atoms with Crippen molar-refractivity contribution in [1.29, 1.82) is 0 Å². The largest absolute Gasteiger partial charge is 0.481 e. The SMILES string of the molecule is CCC(CC)(CC(=O)N(CC(=O)OC)C(C)C)C(=O)O. The van der Waals surface area contributed by atoms with Crippen LogP contribution >= 0.6 is 0 Å². The smallest absolute Gasteiger partial charge is 0.325 e. The van der Waals surface area contributed by atoms with Crippen molar-refractivity contribution in [3.63, 3.8) is 0 Å². The van der Waals surface area contributed by atoms with Crippen LogP contribution in [-0.2, 0) is 19.1 Å². The molecule has 1 N–H and O–H groups in total. The molecular weight excluding hydrogens is 262 g/mol. The number of methoxy groups -OCH3 is 1. The molecule has 0 radical (unpaired) electrons. The first-order chi connectivity index (χ1) is 9.23.